The molecule has 0 aliphatic rings. The summed E-state index contributed by atoms with van der Waals surface area (Å²) in [6.07, 6.45) is 0. The molecule has 0 atom stereocenters. The van der Waals surface area contributed by atoms with Crippen molar-refractivity contribution < 1.29 is 9.59 Å². The van der Waals surface area contributed by atoms with Crippen LogP contribution >= 0.6 is 0 Å². The van der Waals surface area contributed by atoms with Gasteiger partial charge in [-0.15, -0.1) is 0 Å². The van der Waals surface area contributed by atoms with E-state index in [1.807, 2.05) is 45.0 Å². The molecule has 1 aromatic carbocycles. The summed E-state index contributed by atoms with van der Waals surface area (Å²) < 4.78 is 0. The molecule has 2 N–H and O–H groups in total. The lowest BCUT2D eigenvalue weighted by molar-refractivity contribution is -0.128. The van der Waals surface area contributed by atoms with Crippen LogP contribution in [0.3, 0.4) is 0 Å². The van der Waals surface area contributed by atoms with E-state index in [1.165, 1.54) is 6.92 Å². The number of amides is 2. The fourth-order valence-corrected chi connectivity index (χ4v) is 1.69. The molecule has 0 bridgehead atoms. The molecule has 0 heterocycles. The molecule has 2 amide bonds. The lowest BCUT2D eigenvalue weighted by atomic mass is 10.1. The molecule has 0 unspecified atom stereocenters. The maximum Gasteiger partial charge on any atom is 0.238 e. The summed E-state index contributed by atoms with van der Waals surface area (Å²) in [5.74, 6) is -0.103. The first-order valence-corrected chi connectivity index (χ1v) is 7.03. The lowest BCUT2D eigenvalue weighted by Gasteiger charge is -2.21. The molecule has 5 heteroatoms. The van der Waals surface area contributed by atoms with Crippen LogP contribution in [0.2, 0.25) is 0 Å². The molecule has 1 aromatic rings. The molecule has 0 fully saturated rings. The van der Waals surface area contributed by atoms with Crippen LogP contribution in [-0.4, -0.2) is 35.8 Å². The molecular weight excluding hydrogens is 266 g/mol. The average molecular weight is 291 g/mol. The molecule has 1 rings (SSSR count). The summed E-state index contributed by atoms with van der Waals surface area (Å²) in [6, 6.07) is 7.51. The van der Waals surface area contributed by atoms with E-state index in [4.69, 9.17) is 0 Å². The van der Waals surface area contributed by atoms with Gasteiger partial charge in [0.2, 0.25) is 11.8 Å². The van der Waals surface area contributed by atoms with Crippen molar-refractivity contribution in [3.05, 3.63) is 29.8 Å². The number of anilines is 1. The van der Waals surface area contributed by atoms with Crippen molar-refractivity contribution in [1.82, 2.24) is 10.2 Å². The molecule has 0 aromatic heterocycles. The normalized spacial score (nSPS) is 11.1. The van der Waals surface area contributed by atoms with E-state index in [-0.39, 0.29) is 23.9 Å². The summed E-state index contributed by atoms with van der Waals surface area (Å²) in [4.78, 5) is 24.9. The number of hydrogen-bond donors (Lipinski definition) is 2. The van der Waals surface area contributed by atoms with Gasteiger partial charge in [0.05, 0.1) is 6.54 Å². The van der Waals surface area contributed by atoms with Gasteiger partial charge in [0, 0.05) is 31.7 Å². The van der Waals surface area contributed by atoms with Crippen molar-refractivity contribution in [1.29, 1.82) is 0 Å². The molecule has 0 spiro atoms. The highest BCUT2D eigenvalue weighted by atomic mass is 16.2. The van der Waals surface area contributed by atoms with Gasteiger partial charge < -0.3 is 15.5 Å². The molecule has 21 heavy (non-hydrogen) atoms. The van der Waals surface area contributed by atoms with E-state index in [2.05, 4.69) is 10.6 Å². The van der Waals surface area contributed by atoms with Crippen molar-refractivity contribution >= 4 is 17.5 Å². The number of carbonyl (C=O) groups is 2. The van der Waals surface area contributed by atoms with Gasteiger partial charge >= 0.3 is 0 Å². The summed E-state index contributed by atoms with van der Waals surface area (Å²) >= 11 is 0. The Morgan fingerprint density at radius 3 is 2.38 bits per heavy atom. The van der Waals surface area contributed by atoms with E-state index in [9.17, 15) is 9.59 Å². The van der Waals surface area contributed by atoms with Crippen LogP contribution in [0, 0.1) is 0 Å². The Bertz CT molecular complexity index is 506. The van der Waals surface area contributed by atoms with Gasteiger partial charge in [0.1, 0.15) is 0 Å². The van der Waals surface area contributed by atoms with Gasteiger partial charge in [-0.2, -0.15) is 0 Å². The minimum Gasteiger partial charge on any atom is -0.342 e. The molecular formula is C16H25N3O2. The van der Waals surface area contributed by atoms with Crippen molar-refractivity contribution in [2.75, 3.05) is 18.9 Å². The van der Waals surface area contributed by atoms with E-state index >= 15 is 0 Å². The number of carbonyl (C=O) groups excluding carboxylic acids is 2. The average Bonchev–Trinajstić information content (AvgIpc) is 2.37. The number of hydrogen-bond acceptors (Lipinski definition) is 3. The first-order chi connectivity index (χ1) is 9.69. The minimum atomic E-state index is -0.105. The molecule has 116 valence electrons. The quantitative estimate of drug-likeness (QED) is 0.872. The van der Waals surface area contributed by atoms with Crippen molar-refractivity contribution in [3.63, 3.8) is 0 Å². The monoisotopic (exact) mass is 291 g/mol. The standard InChI is InChI=1S/C16H25N3O2/c1-12(20)19(5)11-13-8-6-7-9-14(13)18-15(21)10-17-16(2,3)4/h6-9,17H,10-11H2,1-5H3,(H,18,21). The van der Waals surface area contributed by atoms with E-state index in [0.717, 1.165) is 11.3 Å². The Morgan fingerprint density at radius 1 is 1.19 bits per heavy atom. The van der Waals surface area contributed by atoms with Crippen LogP contribution in [0.5, 0.6) is 0 Å². The van der Waals surface area contributed by atoms with E-state index < -0.39 is 0 Å². The third-order valence-corrected chi connectivity index (χ3v) is 3.02. The SMILES string of the molecule is CC(=O)N(C)Cc1ccccc1NC(=O)CNC(C)(C)C. The third-order valence-electron chi connectivity index (χ3n) is 3.02. The van der Waals surface area contributed by atoms with Gasteiger partial charge in [0.15, 0.2) is 0 Å². The molecule has 0 saturated carbocycles. The largest absolute Gasteiger partial charge is 0.342 e. The van der Waals surface area contributed by atoms with Crippen LogP contribution in [-0.2, 0) is 16.1 Å². The highest BCUT2D eigenvalue weighted by Crippen LogP contribution is 2.16. The Morgan fingerprint density at radius 2 is 1.81 bits per heavy atom. The smallest absolute Gasteiger partial charge is 0.238 e. The van der Waals surface area contributed by atoms with Crippen LogP contribution in [0.4, 0.5) is 5.69 Å². The number of benzene rings is 1. The van der Waals surface area contributed by atoms with E-state index in [0.29, 0.717) is 6.54 Å². The third kappa shape index (κ3) is 6.40. The second-order valence-electron chi connectivity index (χ2n) is 6.18. The maximum atomic E-state index is 12.0. The molecule has 0 aliphatic carbocycles. The molecule has 5 nitrogen and oxygen atoms in total. The predicted molar refractivity (Wildman–Crippen MR) is 85.0 cm³/mol. The van der Waals surface area contributed by atoms with Gasteiger partial charge in [-0.1, -0.05) is 18.2 Å². The van der Waals surface area contributed by atoms with Crippen LogP contribution in [0.15, 0.2) is 24.3 Å². The zero-order valence-corrected chi connectivity index (χ0v) is 13.5. The maximum absolute atomic E-state index is 12.0. The number of rotatable bonds is 5. The Balaban J connectivity index is 2.70. The fourth-order valence-electron chi connectivity index (χ4n) is 1.69. The Kier molecular flexibility index (Phi) is 5.90. The lowest BCUT2D eigenvalue weighted by Crippen LogP contribution is -2.41. The van der Waals surface area contributed by atoms with Crippen LogP contribution in [0.1, 0.15) is 33.3 Å². The first kappa shape index (κ1) is 17.2. The highest BCUT2D eigenvalue weighted by Gasteiger charge is 2.13. The fraction of sp³-hybridized carbons (Fsp3) is 0.500. The van der Waals surface area contributed by atoms with Gasteiger partial charge in [-0.3, -0.25) is 9.59 Å². The van der Waals surface area contributed by atoms with Crippen molar-refractivity contribution in [2.24, 2.45) is 0 Å². The first-order valence-electron chi connectivity index (χ1n) is 7.03. The van der Waals surface area contributed by atoms with Gasteiger partial charge in [-0.25, -0.2) is 0 Å². The van der Waals surface area contributed by atoms with Crippen LogP contribution < -0.4 is 10.6 Å². The van der Waals surface area contributed by atoms with Crippen molar-refractivity contribution in [2.45, 2.75) is 39.8 Å². The highest BCUT2D eigenvalue weighted by molar-refractivity contribution is 5.93. The Labute approximate surface area is 126 Å². The molecule has 0 aliphatic heterocycles. The number of nitrogens with zero attached hydrogens (tertiary/aromatic N) is 1. The van der Waals surface area contributed by atoms with Gasteiger partial charge in [-0.05, 0) is 32.4 Å². The topological polar surface area (TPSA) is 61.4 Å². The Hall–Kier alpha value is -1.88. The van der Waals surface area contributed by atoms with Crippen LogP contribution in [0.25, 0.3) is 0 Å². The summed E-state index contributed by atoms with van der Waals surface area (Å²) in [5, 5.41) is 6.03. The predicted octanol–water partition coefficient (Wildman–Crippen LogP) is 1.99. The van der Waals surface area contributed by atoms with E-state index in [1.54, 1.807) is 11.9 Å². The summed E-state index contributed by atoms with van der Waals surface area (Å²) in [5.41, 5.74) is 1.55. The molecule has 0 saturated heterocycles. The number of para-hydroxylation sites is 1. The molecule has 0 radical (unpaired) electrons. The minimum absolute atomic E-state index is 0.00877. The second kappa shape index (κ2) is 7.22. The zero-order chi connectivity index (χ0) is 16.0. The van der Waals surface area contributed by atoms with Gasteiger partial charge in [0.25, 0.3) is 0 Å². The summed E-state index contributed by atoms with van der Waals surface area (Å²) in [6.45, 7) is 8.27. The summed E-state index contributed by atoms with van der Waals surface area (Å²) in [7, 11) is 1.74. The van der Waals surface area contributed by atoms with Crippen molar-refractivity contribution in [3.8, 4) is 0 Å². The zero-order valence-electron chi connectivity index (χ0n) is 13.5. The number of nitrogens with one attached hydrogen (secondary N) is 2. The second-order valence-corrected chi connectivity index (χ2v) is 6.18.